The lowest BCUT2D eigenvalue weighted by Crippen LogP contribution is -2.47. The Morgan fingerprint density at radius 3 is 2.56 bits per heavy atom. The van der Waals surface area contributed by atoms with Crippen LogP contribution in [0.5, 0.6) is 0 Å². The summed E-state index contributed by atoms with van der Waals surface area (Å²) in [6.45, 7) is 3.97. The average molecular weight is 248 g/mol. The first-order valence-corrected chi connectivity index (χ1v) is 7.36. The van der Waals surface area contributed by atoms with Gasteiger partial charge in [0.1, 0.15) is 0 Å². The van der Waals surface area contributed by atoms with Gasteiger partial charge in [-0.05, 0) is 19.8 Å². The van der Waals surface area contributed by atoms with Crippen LogP contribution in [0.15, 0.2) is 0 Å². The number of amides is 1. The highest BCUT2D eigenvalue weighted by Gasteiger charge is 2.34. The van der Waals surface area contributed by atoms with Gasteiger partial charge >= 0.3 is 0 Å². The van der Waals surface area contributed by atoms with Crippen molar-refractivity contribution in [3.8, 4) is 0 Å². The van der Waals surface area contributed by atoms with Gasteiger partial charge in [-0.1, -0.05) is 6.92 Å². The first-order chi connectivity index (χ1) is 7.33. The van der Waals surface area contributed by atoms with Gasteiger partial charge in [-0.2, -0.15) is 0 Å². The zero-order chi connectivity index (χ0) is 12.4. The summed E-state index contributed by atoms with van der Waals surface area (Å²) < 4.78 is 22.5. The van der Waals surface area contributed by atoms with E-state index in [0.29, 0.717) is 12.8 Å². The average Bonchev–Trinajstić information content (AvgIpc) is 2.56. The quantitative estimate of drug-likeness (QED) is 0.712. The van der Waals surface area contributed by atoms with Crippen molar-refractivity contribution < 1.29 is 13.2 Å². The molecular formula is C10H20N2O3S. The molecule has 1 amide bonds. The maximum atomic E-state index is 11.9. The van der Waals surface area contributed by atoms with Gasteiger partial charge in [-0.15, -0.1) is 0 Å². The molecule has 0 saturated carbocycles. The number of carbonyl (C=O) groups excluding carboxylic acids is 1. The molecule has 0 aromatic carbocycles. The van der Waals surface area contributed by atoms with Crippen LogP contribution in [0.3, 0.4) is 0 Å². The maximum absolute atomic E-state index is 11.9. The Kier molecular flexibility index (Phi) is 3.96. The zero-order valence-electron chi connectivity index (χ0n) is 9.82. The molecule has 0 bridgehead atoms. The lowest BCUT2D eigenvalue weighted by molar-refractivity contribution is -0.130. The van der Waals surface area contributed by atoms with E-state index in [-0.39, 0.29) is 30.0 Å². The summed E-state index contributed by atoms with van der Waals surface area (Å²) in [6.07, 6.45) is 1.16. The Labute approximate surface area is 96.7 Å². The third-order valence-electron chi connectivity index (χ3n) is 3.35. The molecule has 6 heteroatoms. The number of hydrogen-bond acceptors (Lipinski definition) is 4. The van der Waals surface area contributed by atoms with Gasteiger partial charge in [-0.3, -0.25) is 4.79 Å². The molecule has 1 saturated heterocycles. The minimum Gasteiger partial charge on any atom is -0.352 e. The number of nitrogens with one attached hydrogen (secondary N) is 1. The van der Waals surface area contributed by atoms with Gasteiger partial charge in [0.15, 0.2) is 9.84 Å². The van der Waals surface area contributed by atoms with Crippen molar-refractivity contribution in [2.24, 2.45) is 11.1 Å². The van der Waals surface area contributed by atoms with E-state index in [1.807, 2.05) is 6.92 Å². The summed E-state index contributed by atoms with van der Waals surface area (Å²) in [7, 11) is -2.95. The van der Waals surface area contributed by atoms with E-state index in [2.05, 4.69) is 5.32 Å². The normalized spacial score (nSPS) is 27.3. The summed E-state index contributed by atoms with van der Waals surface area (Å²) in [5.41, 5.74) is 4.98. The molecule has 2 atom stereocenters. The number of hydrogen-bond donors (Lipinski definition) is 2. The zero-order valence-corrected chi connectivity index (χ0v) is 10.6. The van der Waals surface area contributed by atoms with Gasteiger partial charge in [0.2, 0.25) is 5.91 Å². The van der Waals surface area contributed by atoms with Crippen LogP contribution in [0.25, 0.3) is 0 Å². The molecule has 0 radical (unpaired) electrons. The summed E-state index contributed by atoms with van der Waals surface area (Å²) in [5, 5.41) is 2.78. The molecule has 3 N–H and O–H groups in total. The molecule has 0 spiro atoms. The van der Waals surface area contributed by atoms with Gasteiger partial charge in [0, 0.05) is 12.6 Å². The summed E-state index contributed by atoms with van der Waals surface area (Å²) in [6, 6.07) is -0.241. The Morgan fingerprint density at radius 1 is 1.56 bits per heavy atom. The number of carbonyl (C=O) groups is 1. The van der Waals surface area contributed by atoms with Crippen LogP contribution in [0.2, 0.25) is 0 Å². The lowest BCUT2D eigenvalue weighted by atomic mass is 9.86. The Balaban J connectivity index is 2.59. The van der Waals surface area contributed by atoms with Gasteiger partial charge < -0.3 is 11.1 Å². The summed E-state index contributed by atoms with van der Waals surface area (Å²) in [4.78, 5) is 11.9. The van der Waals surface area contributed by atoms with Crippen LogP contribution in [0.4, 0.5) is 0 Å². The van der Waals surface area contributed by atoms with Crippen LogP contribution in [0, 0.1) is 5.41 Å². The van der Waals surface area contributed by atoms with E-state index in [1.165, 1.54) is 0 Å². The van der Waals surface area contributed by atoms with Crippen LogP contribution >= 0.6 is 0 Å². The Hall–Kier alpha value is -0.620. The number of rotatable bonds is 4. The fourth-order valence-corrected chi connectivity index (χ4v) is 3.34. The second-order valence-electron chi connectivity index (χ2n) is 4.69. The second-order valence-corrected chi connectivity index (χ2v) is 6.92. The van der Waals surface area contributed by atoms with Crippen molar-refractivity contribution in [1.82, 2.24) is 5.32 Å². The third kappa shape index (κ3) is 2.95. The van der Waals surface area contributed by atoms with Crippen molar-refractivity contribution >= 4 is 15.7 Å². The monoisotopic (exact) mass is 248 g/mol. The molecule has 0 aromatic rings. The van der Waals surface area contributed by atoms with E-state index in [9.17, 15) is 13.2 Å². The highest BCUT2D eigenvalue weighted by atomic mass is 32.2. The van der Waals surface area contributed by atoms with Crippen LogP contribution < -0.4 is 11.1 Å². The van der Waals surface area contributed by atoms with E-state index in [0.717, 1.165) is 0 Å². The summed E-state index contributed by atoms with van der Waals surface area (Å²) >= 11 is 0. The largest absolute Gasteiger partial charge is 0.352 e. The molecule has 16 heavy (non-hydrogen) atoms. The number of nitrogens with two attached hydrogens (primary N) is 1. The SMILES string of the molecule is CCC(C)(CN)C(=O)NC1CCS(=O)(=O)C1. The smallest absolute Gasteiger partial charge is 0.227 e. The minimum absolute atomic E-state index is 0.0586. The minimum atomic E-state index is -2.95. The molecule has 1 rings (SSSR count). The first-order valence-electron chi connectivity index (χ1n) is 5.54. The highest BCUT2D eigenvalue weighted by Crippen LogP contribution is 2.21. The van der Waals surface area contributed by atoms with Crippen LogP contribution in [-0.2, 0) is 14.6 Å². The standard InChI is InChI=1S/C10H20N2O3S/c1-3-10(2,7-11)9(13)12-8-4-5-16(14,15)6-8/h8H,3-7,11H2,1-2H3,(H,12,13). The molecule has 1 heterocycles. The maximum Gasteiger partial charge on any atom is 0.227 e. The van der Waals surface area contributed by atoms with Crippen molar-refractivity contribution in [1.29, 1.82) is 0 Å². The van der Waals surface area contributed by atoms with E-state index in [1.54, 1.807) is 6.92 Å². The van der Waals surface area contributed by atoms with Crippen LogP contribution in [0.1, 0.15) is 26.7 Å². The van der Waals surface area contributed by atoms with Gasteiger partial charge in [-0.25, -0.2) is 8.42 Å². The molecule has 94 valence electrons. The molecule has 2 unspecified atom stereocenters. The van der Waals surface area contributed by atoms with Crippen LogP contribution in [-0.4, -0.2) is 38.4 Å². The topological polar surface area (TPSA) is 89.3 Å². The van der Waals surface area contributed by atoms with Crippen molar-refractivity contribution in [3.63, 3.8) is 0 Å². The Bertz CT molecular complexity index is 360. The van der Waals surface area contributed by atoms with E-state index >= 15 is 0 Å². The molecule has 1 aliphatic heterocycles. The summed E-state index contributed by atoms with van der Waals surface area (Å²) in [5.74, 6) is 0.0894. The molecular weight excluding hydrogens is 228 g/mol. The predicted molar refractivity (Wildman–Crippen MR) is 62.7 cm³/mol. The molecule has 5 nitrogen and oxygen atoms in total. The van der Waals surface area contributed by atoms with Crippen molar-refractivity contribution in [2.45, 2.75) is 32.7 Å². The van der Waals surface area contributed by atoms with E-state index in [4.69, 9.17) is 5.73 Å². The first kappa shape index (κ1) is 13.4. The van der Waals surface area contributed by atoms with Crippen molar-refractivity contribution in [3.05, 3.63) is 0 Å². The number of sulfone groups is 1. The third-order valence-corrected chi connectivity index (χ3v) is 5.11. The molecule has 0 aromatic heterocycles. The van der Waals surface area contributed by atoms with Gasteiger partial charge in [0.25, 0.3) is 0 Å². The van der Waals surface area contributed by atoms with Crippen molar-refractivity contribution in [2.75, 3.05) is 18.1 Å². The fourth-order valence-electron chi connectivity index (χ4n) is 1.67. The second kappa shape index (κ2) is 4.71. The lowest BCUT2D eigenvalue weighted by Gasteiger charge is -2.26. The molecule has 1 fully saturated rings. The molecule has 0 aliphatic carbocycles. The Morgan fingerprint density at radius 2 is 2.19 bits per heavy atom. The van der Waals surface area contributed by atoms with Gasteiger partial charge in [0.05, 0.1) is 16.9 Å². The predicted octanol–water partition coefficient (Wildman–Crippen LogP) is -0.335. The fraction of sp³-hybridized carbons (Fsp3) is 0.900. The van der Waals surface area contributed by atoms with E-state index < -0.39 is 15.3 Å². The highest BCUT2D eigenvalue weighted by molar-refractivity contribution is 7.91. The molecule has 1 aliphatic rings.